The van der Waals surface area contributed by atoms with Crippen LogP contribution in [0.1, 0.15) is 24.0 Å². The zero-order valence-electron chi connectivity index (χ0n) is 12.1. The van der Waals surface area contributed by atoms with Crippen molar-refractivity contribution in [2.45, 2.75) is 19.8 Å². The Labute approximate surface area is 125 Å². The SMILES string of the molecule is Cc1ccc(N(C)CC(=O)N2CCCC2)c(C(N)=S)c1. The van der Waals surface area contributed by atoms with E-state index in [0.29, 0.717) is 11.5 Å². The summed E-state index contributed by atoms with van der Waals surface area (Å²) >= 11 is 5.11. The average Bonchev–Trinajstić information content (AvgIpc) is 2.92. The molecule has 0 bridgehead atoms. The number of thiocarbonyl (C=S) groups is 1. The molecule has 2 rings (SSSR count). The standard InChI is InChI=1S/C15H21N3OS/c1-11-5-6-13(12(9-11)15(16)20)17(2)10-14(19)18-7-3-4-8-18/h5-6,9H,3-4,7-8,10H2,1-2H3,(H2,16,20). The summed E-state index contributed by atoms with van der Waals surface area (Å²) in [4.78, 5) is 16.4. The van der Waals surface area contributed by atoms with Gasteiger partial charge in [0.15, 0.2) is 0 Å². The number of rotatable bonds is 4. The highest BCUT2D eigenvalue weighted by Gasteiger charge is 2.20. The number of likely N-dealkylation sites (tertiary alicyclic amines) is 1. The van der Waals surface area contributed by atoms with Gasteiger partial charge in [-0.05, 0) is 31.9 Å². The zero-order chi connectivity index (χ0) is 14.7. The van der Waals surface area contributed by atoms with Crippen LogP contribution in [0, 0.1) is 6.92 Å². The van der Waals surface area contributed by atoms with Gasteiger partial charge in [-0.2, -0.15) is 0 Å². The number of amides is 1. The quantitative estimate of drug-likeness (QED) is 0.858. The number of carbonyl (C=O) groups is 1. The van der Waals surface area contributed by atoms with Crippen LogP contribution in [-0.2, 0) is 4.79 Å². The molecule has 1 aromatic carbocycles. The number of anilines is 1. The molecule has 1 heterocycles. The van der Waals surface area contributed by atoms with Crippen LogP contribution in [0.2, 0.25) is 0 Å². The van der Waals surface area contributed by atoms with Gasteiger partial charge in [-0.1, -0.05) is 23.8 Å². The molecule has 0 aliphatic carbocycles. The maximum absolute atomic E-state index is 12.2. The van der Waals surface area contributed by atoms with Gasteiger partial charge in [-0.15, -0.1) is 0 Å². The van der Waals surface area contributed by atoms with Crippen molar-refractivity contribution in [1.29, 1.82) is 0 Å². The molecular formula is C15H21N3OS. The number of nitrogens with two attached hydrogens (primary N) is 1. The van der Waals surface area contributed by atoms with E-state index in [4.69, 9.17) is 18.0 Å². The van der Waals surface area contributed by atoms with Crippen molar-refractivity contribution in [3.63, 3.8) is 0 Å². The molecule has 0 unspecified atom stereocenters. The largest absolute Gasteiger partial charge is 0.389 e. The lowest BCUT2D eigenvalue weighted by Gasteiger charge is -2.24. The van der Waals surface area contributed by atoms with Crippen molar-refractivity contribution in [2.75, 3.05) is 31.6 Å². The second-order valence-corrected chi connectivity index (χ2v) is 5.77. The van der Waals surface area contributed by atoms with Gasteiger partial charge in [-0.25, -0.2) is 0 Å². The third-order valence-electron chi connectivity index (χ3n) is 3.66. The predicted molar refractivity (Wildman–Crippen MR) is 86.2 cm³/mol. The summed E-state index contributed by atoms with van der Waals surface area (Å²) in [7, 11) is 1.90. The number of carbonyl (C=O) groups excluding carboxylic acids is 1. The van der Waals surface area contributed by atoms with Crippen molar-refractivity contribution in [3.8, 4) is 0 Å². The first-order valence-electron chi connectivity index (χ1n) is 6.88. The van der Waals surface area contributed by atoms with E-state index < -0.39 is 0 Å². The molecule has 1 fully saturated rings. The van der Waals surface area contributed by atoms with E-state index in [1.54, 1.807) is 0 Å². The van der Waals surface area contributed by atoms with E-state index in [-0.39, 0.29) is 5.91 Å². The maximum atomic E-state index is 12.2. The van der Waals surface area contributed by atoms with Crippen molar-refractivity contribution in [1.82, 2.24) is 4.90 Å². The van der Waals surface area contributed by atoms with Gasteiger partial charge in [0.25, 0.3) is 0 Å². The molecule has 1 aliphatic heterocycles. The van der Waals surface area contributed by atoms with Gasteiger partial charge in [-0.3, -0.25) is 4.79 Å². The molecular weight excluding hydrogens is 270 g/mol. The number of benzene rings is 1. The molecule has 108 valence electrons. The summed E-state index contributed by atoms with van der Waals surface area (Å²) in [5, 5.41) is 0. The molecule has 20 heavy (non-hydrogen) atoms. The van der Waals surface area contributed by atoms with Crippen molar-refractivity contribution >= 4 is 28.8 Å². The molecule has 1 saturated heterocycles. The van der Waals surface area contributed by atoms with Crippen LogP contribution in [0.5, 0.6) is 0 Å². The summed E-state index contributed by atoms with van der Waals surface area (Å²) in [6, 6.07) is 5.95. The fraction of sp³-hybridized carbons (Fsp3) is 0.467. The summed E-state index contributed by atoms with van der Waals surface area (Å²) in [6.07, 6.45) is 2.22. The summed E-state index contributed by atoms with van der Waals surface area (Å²) in [5.41, 5.74) is 8.63. The average molecular weight is 291 g/mol. The minimum absolute atomic E-state index is 0.166. The van der Waals surface area contributed by atoms with Crippen LogP contribution in [0.3, 0.4) is 0 Å². The second-order valence-electron chi connectivity index (χ2n) is 5.33. The molecule has 0 spiro atoms. The number of hydrogen-bond acceptors (Lipinski definition) is 3. The lowest BCUT2D eigenvalue weighted by molar-refractivity contribution is -0.128. The molecule has 1 aromatic rings. The van der Waals surface area contributed by atoms with E-state index in [1.807, 2.05) is 42.0 Å². The Balaban J connectivity index is 2.14. The van der Waals surface area contributed by atoms with E-state index in [1.165, 1.54) is 0 Å². The van der Waals surface area contributed by atoms with Gasteiger partial charge in [0, 0.05) is 31.4 Å². The first-order valence-corrected chi connectivity index (χ1v) is 7.29. The molecule has 1 aliphatic rings. The van der Waals surface area contributed by atoms with Crippen molar-refractivity contribution in [3.05, 3.63) is 29.3 Å². The Hall–Kier alpha value is -1.62. The maximum Gasteiger partial charge on any atom is 0.242 e. The Morgan fingerprint density at radius 3 is 2.65 bits per heavy atom. The Kier molecular flexibility index (Phi) is 4.60. The Bertz CT molecular complexity index is 524. The van der Waals surface area contributed by atoms with Gasteiger partial charge >= 0.3 is 0 Å². The normalized spacial score (nSPS) is 14.4. The summed E-state index contributed by atoms with van der Waals surface area (Å²) < 4.78 is 0. The van der Waals surface area contributed by atoms with Crippen molar-refractivity contribution < 1.29 is 4.79 Å². The van der Waals surface area contributed by atoms with E-state index in [0.717, 1.165) is 42.7 Å². The van der Waals surface area contributed by atoms with Crippen LogP contribution in [0.4, 0.5) is 5.69 Å². The third-order valence-corrected chi connectivity index (χ3v) is 3.88. The summed E-state index contributed by atoms with van der Waals surface area (Å²) in [5.74, 6) is 0.166. The molecule has 4 nitrogen and oxygen atoms in total. The molecule has 1 amide bonds. The highest BCUT2D eigenvalue weighted by molar-refractivity contribution is 7.80. The predicted octanol–water partition coefficient (Wildman–Crippen LogP) is 1.69. The fourth-order valence-electron chi connectivity index (χ4n) is 2.53. The monoisotopic (exact) mass is 291 g/mol. The van der Waals surface area contributed by atoms with E-state index in [9.17, 15) is 4.79 Å². The topological polar surface area (TPSA) is 49.6 Å². The smallest absolute Gasteiger partial charge is 0.242 e. The first kappa shape index (κ1) is 14.8. The second kappa shape index (κ2) is 6.22. The molecule has 0 saturated carbocycles. The van der Waals surface area contributed by atoms with Crippen LogP contribution < -0.4 is 10.6 Å². The van der Waals surface area contributed by atoms with Crippen molar-refractivity contribution in [2.24, 2.45) is 5.73 Å². The lowest BCUT2D eigenvalue weighted by atomic mass is 10.1. The van der Waals surface area contributed by atoms with Gasteiger partial charge in [0.1, 0.15) is 4.99 Å². The minimum Gasteiger partial charge on any atom is -0.389 e. The molecule has 0 aromatic heterocycles. The Morgan fingerprint density at radius 2 is 2.05 bits per heavy atom. The Morgan fingerprint density at radius 1 is 1.40 bits per heavy atom. The highest BCUT2D eigenvalue weighted by Crippen LogP contribution is 2.21. The van der Waals surface area contributed by atoms with Crippen LogP contribution in [0.25, 0.3) is 0 Å². The number of hydrogen-bond donors (Lipinski definition) is 1. The zero-order valence-corrected chi connectivity index (χ0v) is 12.9. The number of likely N-dealkylation sites (N-methyl/N-ethyl adjacent to an activating group) is 1. The van der Waals surface area contributed by atoms with E-state index in [2.05, 4.69) is 0 Å². The third kappa shape index (κ3) is 3.28. The first-order chi connectivity index (χ1) is 9.49. The molecule has 0 radical (unpaired) electrons. The van der Waals surface area contributed by atoms with Gasteiger partial charge in [0.05, 0.1) is 6.54 Å². The molecule has 2 N–H and O–H groups in total. The van der Waals surface area contributed by atoms with Gasteiger partial charge in [0.2, 0.25) is 5.91 Å². The lowest BCUT2D eigenvalue weighted by Crippen LogP contribution is -2.37. The molecule has 0 atom stereocenters. The minimum atomic E-state index is 0.166. The number of aryl methyl sites for hydroxylation is 1. The molecule has 5 heteroatoms. The highest BCUT2D eigenvalue weighted by atomic mass is 32.1. The van der Waals surface area contributed by atoms with E-state index >= 15 is 0 Å². The van der Waals surface area contributed by atoms with Crippen LogP contribution >= 0.6 is 12.2 Å². The fourth-order valence-corrected chi connectivity index (χ4v) is 2.70. The van der Waals surface area contributed by atoms with Gasteiger partial charge < -0.3 is 15.5 Å². The number of nitrogens with zero attached hydrogens (tertiary/aromatic N) is 2. The van der Waals surface area contributed by atoms with Crippen LogP contribution in [-0.4, -0.2) is 42.5 Å². The summed E-state index contributed by atoms with van der Waals surface area (Å²) in [6.45, 7) is 4.12. The van der Waals surface area contributed by atoms with Crippen LogP contribution in [0.15, 0.2) is 18.2 Å².